The number of nitrogens with one attached hydrogen (secondary N) is 1. The topological polar surface area (TPSA) is 102 Å². The number of morpholine rings is 1. The number of para-hydroxylation sites is 1. The van der Waals surface area contributed by atoms with Crippen LogP contribution in [0.1, 0.15) is 23.5 Å². The summed E-state index contributed by atoms with van der Waals surface area (Å²) >= 11 is 0. The third-order valence-electron chi connectivity index (χ3n) is 9.25. The minimum atomic E-state index is -0.424. The van der Waals surface area contributed by atoms with Crippen molar-refractivity contribution in [3.63, 3.8) is 0 Å². The highest BCUT2D eigenvalue weighted by molar-refractivity contribution is 5.80. The Kier molecular flexibility index (Phi) is 8.03. The lowest BCUT2D eigenvalue weighted by Gasteiger charge is -2.40. The highest BCUT2D eigenvalue weighted by Crippen LogP contribution is 2.52. The number of likely N-dealkylation sites (tertiary alicyclic amines) is 1. The molecule has 2 fully saturated rings. The first-order chi connectivity index (χ1) is 21.1. The maximum absolute atomic E-state index is 13.5. The average molecular weight is 593 g/mol. The number of carbonyl (C=O) groups is 2. The lowest BCUT2D eigenvalue weighted by atomic mass is 9.73. The quantitative estimate of drug-likeness (QED) is 0.566. The van der Waals surface area contributed by atoms with Gasteiger partial charge in [0.25, 0.3) is 0 Å². The predicted molar refractivity (Wildman–Crippen MR) is 157 cm³/mol. The summed E-state index contributed by atoms with van der Waals surface area (Å²) in [5, 5.41) is 3.24. The maximum atomic E-state index is 13.5. The molecule has 43 heavy (non-hydrogen) atoms. The summed E-state index contributed by atoms with van der Waals surface area (Å²) < 4.78 is 29.6. The highest BCUT2D eigenvalue weighted by Gasteiger charge is 2.53. The Bertz CT molecular complexity index is 1350. The molecule has 1 spiro atoms. The Morgan fingerprint density at radius 1 is 0.907 bits per heavy atom. The minimum absolute atomic E-state index is 0.0329. The second-order valence-electron chi connectivity index (χ2n) is 12.2. The summed E-state index contributed by atoms with van der Waals surface area (Å²) in [5.74, 6) is 3.11. The maximum Gasteiger partial charge on any atom is 0.236 e. The summed E-state index contributed by atoms with van der Waals surface area (Å²) in [6.45, 7) is 8.32. The number of hydrogen-bond donors (Lipinski definition) is 1. The number of carbonyl (C=O) groups excluding carboxylic acids is 2. The number of benzene rings is 2. The van der Waals surface area contributed by atoms with Gasteiger partial charge in [0.2, 0.25) is 11.8 Å². The van der Waals surface area contributed by atoms with E-state index in [4.69, 9.17) is 23.7 Å². The summed E-state index contributed by atoms with van der Waals surface area (Å²) in [7, 11) is 0. The SMILES string of the molecule is O=C1CN(Cc2ccc3c(c2)OCCO3)CCCOc2cccc3c2OC[C@@]2(CN1)CN(C(=O)CN1CCOCC1)C[C@@H]32. The molecular weight excluding hydrogens is 552 g/mol. The van der Waals surface area contributed by atoms with Gasteiger partial charge in [0.15, 0.2) is 23.0 Å². The molecule has 2 saturated heterocycles. The van der Waals surface area contributed by atoms with Crippen molar-refractivity contribution in [3.05, 3.63) is 47.5 Å². The van der Waals surface area contributed by atoms with E-state index in [1.54, 1.807) is 0 Å². The van der Waals surface area contributed by atoms with Gasteiger partial charge < -0.3 is 33.9 Å². The molecule has 4 bridgehead atoms. The van der Waals surface area contributed by atoms with Crippen molar-refractivity contribution < 1.29 is 33.3 Å². The molecular formula is C32H40N4O7. The van der Waals surface area contributed by atoms with Crippen LogP contribution in [-0.4, -0.2) is 119 Å². The molecule has 6 heterocycles. The highest BCUT2D eigenvalue weighted by atomic mass is 16.6. The van der Waals surface area contributed by atoms with Crippen molar-refractivity contribution in [2.45, 2.75) is 18.9 Å². The summed E-state index contributed by atoms with van der Waals surface area (Å²) in [6.07, 6.45) is 0.749. The number of rotatable bonds is 4. The van der Waals surface area contributed by atoms with Crippen molar-refractivity contribution in [2.24, 2.45) is 5.41 Å². The van der Waals surface area contributed by atoms with Gasteiger partial charge in [-0.3, -0.25) is 19.4 Å². The summed E-state index contributed by atoms with van der Waals surface area (Å²) in [4.78, 5) is 33.2. The van der Waals surface area contributed by atoms with E-state index in [0.717, 1.165) is 53.6 Å². The van der Waals surface area contributed by atoms with E-state index in [1.165, 1.54) is 0 Å². The van der Waals surface area contributed by atoms with Crippen molar-refractivity contribution in [3.8, 4) is 23.0 Å². The summed E-state index contributed by atoms with van der Waals surface area (Å²) in [5.41, 5.74) is 1.69. The normalized spacial score (nSPS) is 26.1. The molecule has 1 N–H and O–H groups in total. The van der Waals surface area contributed by atoms with E-state index >= 15 is 0 Å². The van der Waals surface area contributed by atoms with Gasteiger partial charge in [-0.2, -0.15) is 0 Å². The molecule has 8 rings (SSSR count). The fraction of sp³-hybridized carbons (Fsp3) is 0.562. The number of ether oxygens (including phenoxy) is 5. The molecule has 230 valence electrons. The zero-order chi connectivity index (χ0) is 29.2. The first-order valence-electron chi connectivity index (χ1n) is 15.4. The van der Waals surface area contributed by atoms with Gasteiger partial charge in [-0.1, -0.05) is 18.2 Å². The largest absolute Gasteiger partial charge is 0.490 e. The van der Waals surface area contributed by atoms with Crippen molar-refractivity contribution >= 4 is 11.8 Å². The van der Waals surface area contributed by atoms with Crippen LogP contribution in [0.15, 0.2) is 36.4 Å². The minimum Gasteiger partial charge on any atom is -0.490 e. The standard InChI is InChI=1S/C32H40N4O7/c37-29-18-35(16-23-5-6-26-28(15-23)42-14-13-41-26)7-2-10-40-27-4-1-3-24-25-17-36(30(38)19-34-8-11-39-12-9-34)21-32(25,20-33-29)22-43-31(24)27/h1,3-6,15,25H,2,7-14,16-22H2,(H,33,37)/t25-,32+/m0/s1. The van der Waals surface area contributed by atoms with Crippen molar-refractivity contribution in [2.75, 3.05) is 92.0 Å². The molecule has 2 aromatic rings. The second-order valence-corrected chi connectivity index (χ2v) is 12.2. The van der Waals surface area contributed by atoms with Crippen LogP contribution in [0.4, 0.5) is 0 Å². The number of nitrogens with zero attached hydrogens (tertiary/aromatic N) is 3. The Morgan fingerprint density at radius 3 is 2.63 bits per heavy atom. The van der Waals surface area contributed by atoms with Gasteiger partial charge in [0.05, 0.1) is 39.5 Å². The Labute approximate surface area is 251 Å². The molecule has 6 aliphatic heterocycles. The molecule has 0 radical (unpaired) electrons. The number of amides is 2. The van der Waals surface area contributed by atoms with Crippen molar-refractivity contribution in [1.29, 1.82) is 0 Å². The zero-order valence-corrected chi connectivity index (χ0v) is 24.6. The van der Waals surface area contributed by atoms with Crippen LogP contribution < -0.4 is 24.3 Å². The van der Waals surface area contributed by atoms with E-state index < -0.39 is 5.41 Å². The molecule has 6 aliphatic rings. The van der Waals surface area contributed by atoms with Gasteiger partial charge in [-0.25, -0.2) is 0 Å². The molecule has 2 atom stereocenters. The molecule has 2 aromatic carbocycles. The molecule has 2 amide bonds. The lowest BCUT2D eigenvalue weighted by Crippen LogP contribution is -2.50. The van der Waals surface area contributed by atoms with Gasteiger partial charge in [0, 0.05) is 62.7 Å². The molecule has 0 unspecified atom stereocenters. The van der Waals surface area contributed by atoms with Crippen LogP contribution in [0, 0.1) is 5.41 Å². The van der Waals surface area contributed by atoms with E-state index in [2.05, 4.69) is 21.2 Å². The Hall–Kier alpha value is -3.54. The van der Waals surface area contributed by atoms with Gasteiger partial charge in [-0.15, -0.1) is 0 Å². The van der Waals surface area contributed by atoms with Gasteiger partial charge in [-0.05, 0) is 30.2 Å². The van der Waals surface area contributed by atoms with Crippen LogP contribution in [0.3, 0.4) is 0 Å². The second kappa shape index (κ2) is 12.2. The van der Waals surface area contributed by atoms with Crippen LogP contribution in [0.2, 0.25) is 0 Å². The number of fused-ring (bicyclic) bond motifs is 10. The summed E-state index contributed by atoms with van der Waals surface area (Å²) in [6, 6.07) is 12.0. The van der Waals surface area contributed by atoms with Gasteiger partial charge >= 0.3 is 0 Å². The molecule has 0 aliphatic carbocycles. The lowest BCUT2D eigenvalue weighted by molar-refractivity contribution is -0.132. The van der Waals surface area contributed by atoms with E-state index in [9.17, 15) is 9.59 Å². The molecule has 0 aromatic heterocycles. The third kappa shape index (κ3) is 5.98. The fourth-order valence-corrected chi connectivity index (χ4v) is 6.97. The van der Waals surface area contributed by atoms with Crippen LogP contribution in [-0.2, 0) is 20.9 Å². The number of hydrogen-bond acceptors (Lipinski definition) is 9. The van der Waals surface area contributed by atoms with E-state index in [0.29, 0.717) is 78.9 Å². The Balaban J connectivity index is 1.10. The van der Waals surface area contributed by atoms with E-state index in [-0.39, 0.29) is 24.3 Å². The monoisotopic (exact) mass is 592 g/mol. The molecule has 0 saturated carbocycles. The van der Waals surface area contributed by atoms with Crippen molar-refractivity contribution in [1.82, 2.24) is 20.0 Å². The smallest absolute Gasteiger partial charge is 0.236 e. The zero-order valence-electron chi connectivity index (χ0n) is 24.6. The van der Waals surface area contributed by atoms with Crippen LogP contribution >= 0.6 is 0 Å². The third-order valence-corrected chi connectivity index (χ3v) is 9.25. The molecule has 11 nitrogen and oxygen atoms in total. The first kappa shape index (κ1) is 28.2. The van der Waals surface area contributed by atoms with Crippen LogP contribution in [0.25, 0.3) is 0 Å². The Morgan fingerprint density at radius 2 is 1.74 bits per heavy atom. The first-order valence-corrected chi connectivity index (χ1v) is 15.4. The average Bonchev–Trinajstić information content (AvgIpc) is 3.43. The van der Waals surface area contributed by atoms with Crippen LogP contribution in [0.5, 0.6) is 23.0 Å². The fourth-order valence-electron chi connectivity index (χ4n) is 6.97. The predicted octanol–water partition coefficient (Wildman–Crippen LogP) is 1.50. The van der Waals surface area contributed by atoms with E-state index in [1.807, 2.05) is 35.2 Å². The molecule has 11 heteroatoms. The van der Waals surface area contributed by atoms with Gasteiger partial charge in [0.1, 0.15) is 13.2 Å².